The first kappa shape index (κ1) is 24.7. The zero-order valence-corrected chi connectivity index (χ0v) is 19.4. The summed E-state index contributed by atoms with van der Waals surface area (Å²) in [5.41, 5.74) is 0.00429. The highest BCUT2D eigenvalue weighted by Gasteiger charge is 2.39. The van der Waals surface area contributed by atoms with Crippen LogP contribution in [0.1, 0.15) is 23.7 Å². The summed E-state index contributed by atoms with van der Waals surface area (Å²) in [6.45, 7) is 2.46. The monoisotopic (exact) mass is 495 g/mol. The van der Waals surface area contributed by atoms with Crippen LogP contribution in [0.15, 0.2) is 53.4 Å². The summed E-state index contributed by atoms with van der Waals surface area (Å²) in [5, 5.41) is 0.425. The highest BCUT2D eigenvalue weighted by Crippen LogP contribution is 2.20. The van der Waals surface area contributed by atoms with E-state index in [9.17, 15) is 27.2 Å². The minimum Gasteiger partial charge on any atom is -0.339 e. The summed E-state index contributed by atoms with van der Waals surface area (Å²) in [6, 6.07) is 10.0. The van der Waals surface area contributed by atoms with E-state index in [0.717, 1.165) is 24.3 Å². The predicted molar refractivity (Wildman–Crippen MR) is 120 cm³/mol. The first-order valence-corrected chi connectivity index (χ1v) is 12.2. The van der Waals surface area contributed by atoms with E-state index in [-0.39, 0.29) is 47.6 Å². The summed E-state index contributed by atoms with van der Waals surface area (Å²) >= 11 is 6.05. The Bertz CT molecular complexity index is 1150. The SMILES string of the molecule is CCC(=O)N1CCN(C(=O)[C@@H](NC(=O)c2ccccc2Cl)S(=O)(=O)c2ccc(F)cc2)CC1. The number of halogens is 2. The Kier molecular flexibility index (Phi) is 7.70. The third-order valence-corrected chi connectivity index (χ3v) is 7.50. The second-order valence-corrected chi connectivity index (χ2v) is 9.83. The van der Waals surface area contributed by atoms with Gasteiger partial charge in [-0.05, 0) is 36.4 Å². The molecule has 1 saturated heterocycles. The number of sulfone groups is 1. The van der Waals surface area contributed by atoms with Gasteiger partial charge in [-0.1, -0.05) is 30.7 Å². The van der Waals surface area contributed by atoms with Crippen molar-refractivity contribution in [3.63, 3.8) is 0 Å². The van der Waals surface area contributed by atoms with Crippen LogP contribution in [-0.2, 0) is 19.4 Å². The van der Waals surface area contributed by atoms with Gasteiger partial charge in [0.25, 0.3) is 11.8 Å². The van der Waals surface area contributed by atoms with Crippen LogP contribution in [0, 0.1) is 5.82 Å². The largest absolute Gasteiger partial charge is 0.339 e. The second-order valence-electron chi connectivity index (χ2n) is 7.39. The lowest BCUT2D eigenvalue weighted by molar-refractivity contribution is -0.139. The smallest absolute Gasteiger partial charge is 0.261 e. The average Bonchev–Trinajstić information content (AvgIpc) is 2.82. The van der Waals surface area contributed by atoms with E-state index in [1.807, 2.05) is 0 Å². The minimum atomic E-state index is -4.43. The topological polar surface area (TPSA) is 104 Å². The van der Waals surface area contributed by atoms with Gasteiger partial charge in [0.05, 0.1) is 15.5 Å². The van der Waals surface area contributed by atoms with Crippen LogP contribution in [-0.4, -0.2) is 67.5 Å². The highest BCUT2D eigenvalue weighted by atomic mass is 35.5. The molecule has 0 aliphatic carbocycles. The summed E-state index contributed by atoms with van der Waals surface area (Å²) in [4.78, 5) is 40.6. The normalized spacial score (nSPS) is 15.1. The quantitative estimate of drug-likeness (QED) is 0.618. The van der Waals surface area contributed by atoms with Gasteiger partial charge in [0.2, 0.25) is 21.1 Å². The number of rotatable bonds is 6. The van der Waals surface area contributed by atoms with Crippen molar-refractivity contribution >= 4 is 39.2 Å². The Labute approximate surface area is 196 Å². The summed E-state index contributed by atoms with van der Waals surface area (Å²) in [7, 11) is -4.43. The van der Waals surface area contributed by atoms with Gasteiger partial charge in [-0.25, -0.2) is 12.8 Å². The Morgan fingerprint density at radius 2 is 1.58 bits per heavy atom. The molecule has 176 valence electrons. The molecule has 0 spiro atoms. The number of piperazine rings is 1. The molecule has 3 amide bonds. The minimum absolute atomic E-state index is 0.00429. The van der Waals surface area contributed by atoms with Crippen molar-refractivity contribution in [3.05, 3.63) is 64.9 Å². The first-order valence-electron chi connectivity index (χ1n) is 10.3. The maximum absolute atomic E-state index is 13.3. The molecule has 33 heavy (non-hydrogen) atoms. The van der Waals surface area contributed by atoms with Crippen LogP contribution in [0.4, 0.5) is 4.39 Å². The number of nitrogens with one attached hydrogen (secondary N) is 1. The maximum atomic E-state index is 13.3. The molecular weight excluding hydrogens is 473 g/mol. The lowest BCUT2D eigenvalue weighted by atomic mass is 10.2. The molecule has 1 atom stereocenters. The molecule has 1 aliphatic heterocycles. The molecule has 1 fully saturated rings. The number of benzene rings is 2. The molecule has 0 bridgehead atoms. The van der Waals surface area contributed by atoms with E-state index in [0.29, 0.717) is 6.42 Å². The molecule has 1 heterocycles. The van der Waals surface area contributed by atoms with Gasteiger partial charge in [0.1, 0.15) is 5.82 Å². The van der Waals surface area contributed by atoms with Crippen molar-refractivity contribution in [2.75, 3.05) is 26.2 Å². The summed E-state index contributed by atoms with van der Waals surface area (Å²) in [5.74, 6) is -2.40. The summed E-state index contributed by atoms with van der Waals surface area (Å²) in [6.07, 6.45) is 0.323. The van der Waals surface area contributed by atoms with Crippen molar-refractivity contribution in [1.29, 1.82) is 0 Å². The molecule has 11 heteroatoms. The lowest BCUT2D eigenvalue weighted by Crippen LogP contribution is -2.57. The third-order valence-electron chi connectivity index (χ3n) is 5.30. The van der Waals surface area contributed by atoms with E-state index < -0.39 is 32.8 Å². The van der Waals surface area contributed by atoms with Crippen molar-refractivity contribution < 1.29 is 27.2 Å². The Balaban J connectivity index is 1.91. The molecule has 0 radical (unpaired) electrons. The van der Waals surface area contributed by atoms with Crippen LogP contribution in [0.25, 0.3) is 0 Å². The van der Waals surface area contributed by atoms with Crippen LogP contribution in [0.5, 0.6) is 0 Å². The fraction of sp³-hybridized carbons (Fsp3) is 0.318. The zero-order valence-electron chi connectivity index (χ0n) is 17.8. The van der Waals surface area contributed by atoms with Gasteiger partial charge in [-0.15, -0.1) is 0 Å². The molecule has 2 aromatic carbocycles. The van der Waals surface area contributed by atoms with Crippen molar-refractivity contribution in [3.8, 4) is 0 Å². The van der Waals surface area contributed by atoms with Crippen LogP contribution in [0.2, 0.25) is 5.02 Å². The Morgan fingerprint density at radius 3 is 2.15 bits per heavy atom. The van der Waals surface area contributed by atoms with Gasteiger partial charge in [0, 0.05) is 32.6 Å². The average molecular weight is 496 g/mol. The molecule has 3 rings (SSSR count). The van der Waals surface area contributed by atoms with E-state index in [4.69, 9.17) is 11.6 Å². The lowest BCUT2D eigenvalue weighted by Gasteiger charge is -2.36. The highest BCUT2D eigenvalue weighted by molar-refractivity contribution is 7.92. The third kappa shape index (κ3) is 5.51. The van der Waals surface area contributed by atoms with E-state index in [1.54, 1.807) is 24.0 Å². The van der Waals surface area contributed by atoms with E-state index >= 15 is 0 Å². The van der Waals surface area contributed by atoms with Gasteiger partial charge in [-0.2, -0.15) is 0 Å². The molecule has 0 saturated carbocycles. The fourth-order valence-electron chi connectivity index (χ4n) is 3.44. The van der Waals surface area contributed by atoms with E-state index in [2.05, 4.69) is 5.32 Å². The van der Waals surface area contributed by atoms with Gasteiger partial charge < -0.3 is 15.1 Å². The number of amides is 3. The van der Waals surface area contributed by atoms with Crippen LogP contribution < -0.4 is 5.32 Å². The molecule has 0 aromatic heterocycles. The van der Waals surface area contributed by atoms with Crippen LogP contribution in [0.3, 0.4) is 0 Å². The molecule has 0 unspecified atom stereocenters. The molecule has 2 aromatic rings. The maximum Gasteiger partial charge on any atom is 0.261 e. The number of carbonyl (C=O) groups is 3. The second kappa shape index (κ2) is 10.3. The van der Waals surface area contributed by atoms with Crippen molar-refractivity contribution in [2.24, 2.45) is 0 Å². The molecule has 1 N–H and O–H groups in total. The standard InChI is InChI=1S/C22H23ClFN3O5S/c1-2-19(28)26-11-13-27(14-12-26)22(30)21(25-20(29)17-5-3-4-6-18(17)23)33(31,32)16-9-7-15(24)8-10-16/h3-10,21H,2,11-14H2,1H3,(H,25,29)/t21-/m0/s1. The molecular formula is C22H23ClFN3O5S. The zero-order chi connectivity index (χ0) is 24.2. The Morgan fingerprint density at radius 1 is 1.00 bits per heavy atom. The van der Waals surface area contributed by atoms with Gasteiger partial charge in [-0.3, -0.25) is 14.4 Å². The first-order chi connectivity index (χ1) is 15.6. The number of hydrogen-bond donors (Lipinski definition) is 1. The van der Waals surface area contributed by atoms with Gasteiger partial charge >= 0.3 is 0 Å². The predicted octanol–water partition coefficient (Wildman–Crippen LogP) is 2.09. The van der Waals surface area contributed by atoms with Gasteiger partial charge in [0.15, 0.2) is 0 Å². The van der Waals surface area contributed by atoms with E-state index in [1.165, 1.54) is 17.0 Å². The summed E-state index contributed by atoms with van der Waals surface area (Å²) < 4.78 is 40.0. The molecule has 8 nitrogen and oxygen atoms in total. The number of carbonyl (C=O) groups excluding carboxylic acids is 3. The Hall–Kier alpha value is -2.98. The fourth-order valence-corrected chi connectivity index (χ4v) is 5.13. The number of hydrogen-bond acceptors (Lipinski definition) is 5. The van der Waals surface area contributed by atoms with Crippen molar-refractivity contribution in [2.45, 2.75) is 23.6 Å². The molecule has 1 aliphatic rings. The van der Waals surface area contributed by atoms with Crippen LogP contribution >= 0.6 is 11.6 Å². The number of nitrogens with zero attached hydrogens (tertiary/aromatic N) is 2. The van der Waals surface area contributed by atoms with Crippen molar-refractivity contribution in [1.82, 2.24) is 15.1 Å².